The number of benzene rings is 1. The molecule has 3 heterocycles. The van der Waals surface area contributed by atoms with Gasteiger partial charge in [-0.15, -0.1) is 22.0 Å². The van der Waals surface area contributed by atoms with Gasteiger partial charge in [0.15, 0.2) is 5.16 Å². The van der Waals surface area contributed by atoms with Crippen LogP contribution < -0.4 is 4.90 Å². The van der Waals surface area contributed by atoms with E-state index in [0.717, 1.165) is 42.6 Å². The molecule has 0 unspecified atom stereocenters. The van der Waals surface area contributed by atoms with E-state index in [1.807, 2.05) is 28.8 Å². The first-order valence-electron chi connectivity index (χ1n) is 9.33. The number of anilines is 1. The number of hydrogen-bond donors (Lipinski definition) is 0. The van der Waals surface area contributed by atoms with Gasteiger partial charge < -0.3 is 9.47 Å². The zero-order valence-electron chi connectivity index (χ0n) is 15.1. The lowest BCUT2D eigenvalue weighted by molar-refractivity contribution is -0.116. The van der Waals surface area contributed by atoms with Gasteiger partial charge in [0.1, 0.15) is 5.82 Å². The highest BCUT2D eigenvalue weighted by Crippen LogP contribution is 2.37. The van der Waals surface area contributed by atoms with Crippen molar-refractivity contribution >= 4 is 35.1 Å². The maximum Gasteiger partial charge on any atom is 0.237 e. The molecule has 1 atom stereocenters. The van der Waals surface area contributed by atoms with E-state index in [4.69, 9.17) is 0 Å². The van der Waals surface area contributed by atoms with Crippen molar-refractivity contribution in [1.82, 2.24) is 14.8 Å². The van der Waals surface area contributed by atoms with Crippen LogP contribution in [0.3, 0.4) is 0 Å². The molecule has 5 nitrogen and oxygen atoms in total. The monoisotopic (exact) mass is 388 g/mol. The molecule has 1 aromatic carbocycles. The van der Waals surface area contributed by atoms with Crippen molar-refractivity contribution in [2.24, 2.45) is 0 Å². The minimum absolute atomic E-state index is 0.156. The van der Waals surface area contributed by atoms with E-state index in [2.05, 4.69) is 33.8 Å². The number of amides is 1. The Morgan fingerprint density at radius 1 is 1.23 bits per heavy atom. The molecular formula is C19H24N4OS2. The summed E-state index contributed by atoms with van der Waals surface area (Å²) in [4.78, 5) is 16.1. The van der Waals surface area contributed by atoms with E-state index in [-0.39, 0.29) is 5.91 Å². The first-order chi connectivity index (χ1) is 12.7. The lowest BCUT2D eigenvalue weighted by Crippen LogP contribution is -2.33. The number of fused-ring (bicyclic) bond motifs is 2. The molecule has 0 saturated carbocycles. The Morgan fingerprint density at radius 3 is 3.04 bits per heavy atom. The highest BCUT2D eigenvalue weighted by Gasteiger charge is 2.25. The summed E-state index contributed by atoms with van der Waals surface area (Å²) in [6.45, 7) is 3.98. The maximum atomic E-state index is 13.0. The summed E-state index contributed by atoms with van der Waals surface area (Å²) in [5.74, 6) is 1.64. The number of para-hydroxylation sites is 1. The number of carbonyl (C=O) groups is 1. The second-order valence-electron chi connectivity index (χ2n) is 6.88. The quantitative estimate of drug-likeness (QED) is 0.744. The molecule has 0 N–H and O–H groups in total. The van der Waals surface area contributed by atoms with Crippen LogP contribution in [0.1, 0.15) is 38.4 Å². The lowest BCUT2D eigenvalue weighted by Gasteiger charge is -2.22. The lowest BCUT2D eigenvalue weighted by atomic mass is 10.2. The molecule has 2 aliphatic heterocycles. The Hall–Kier alpha value is -1.47. The highest BCUT2D eigenvalue weighted by molar-refractivity contribution is 8.00. The summed E-state index contributed by atoms with van der Waals surface area (Å²) < 4.78 is 2.21. The molecule has 2 aromatic rings. The van der Waals surface area contributed by atoms with Crippen LogP contribution in [0.15, 0.2) is 34.3 Å². The smallest absolute Gasteiger partial charge is 0.237 e. The molecule has 138 valence electrons. The molecule has 0 radical (unpaired) electrons. The summed E-state index contributed by atoms with van der Waals surface area (Å²) in [6.07, 6.45) is 5.60. The van der Waals surface area contributed by atoms with E-state index < -0.39 is 0 Å². The Bertz CT molecular complexity index is 792. The standard InChI is InChI=1S/C19H24N4OS2/c1-14-10-12-22(15-7-4-5-8-16(15)26-14)18(24)13-25-19-21-20-17-9-3-2-6-11-23(17)19/h4-5,7-8,14H,2-3,6,9-13H2,1H3/t14-/m0/s1. The van der Waals surface area contributed by atoms with Crippen molar-refractivity contribution in [3.8, 4) is 0 Å². The fraction of sp³-hybridized carbons (Fsp3) is 0.526. The summed E-state index contributed by atoms with van der Waals surface area (Å²) in [5, 5.41) is 10.1. The maximum absolute atomic E-state index is 13.0. The average molecular weight is 389 g/mol. The van der Waals surface area contributed by atoms with E-state index in [1.165, 1.54) is 35.9 Å². The SMILES string of the molecule is C[C@H]1CCN(C(=O)CSc2nnc3n2CCCCC3)c2ccccc2S1. The molecule has 0 spiro atoms. The van der Waals surface area contributed by atoms with Crippen molar-refractivity contribution in [2.75, 3.05) is 17.2 Å². The third-order valence-electron chi connectivity index (χ3n) is 4.94. The average Bonchev–Trinajstić information content (AvgIpc) is 2.81. The van der Waals surface area contributed by atoms with Crippen LogP contribution in [0.4, 0.5) is 5.69 Å². The first kappa shape index (κ1) is 17.9. The molecule has 0 bridgehead atoms. The minimum atomic E-state index is 0.156. The molecule has 4 rings (SSSR count). The van der Waals surface area contributed by atoms with E-state index in [1.54, 1.807) is 0 Å². The molecular weight excluding hydrogens is 364 g/mol. The second kappa shape index (κ2) is 8.05. The number of rotatable bonds is 3. The molecule has 0 aliphatic carbocycles. The molecule has 26 heavy (non-hydrogen) atoms. The van der Waals surface area contributed by atoms with Crippen LogP contribution in [0, 0.1) is 0 Å². The first-order valence-corrected chi connectivity index (χ1v) is 11.2. The van der Waals surface area contributed by atoms with E-state index in [9.17, 15) is 4.79 Å². The van der Waals surface area contributed by atoms with Crippen LogP contribution >= 0.6 is 23.5 Å². The van der Waals surface area contributed by atoms with Gasteiger partial charge >= 0.3 is 0 Å². The third-order valence-corrected chi connectivity index (χ3v) is 7.13. The van der Waals surface area contributed by atoms with Crippen LogP contribution in [-0.2, 0) is 17.8 Å². The number of nitrogens with zero attached hydrogens (tertiary/aromatic N) is 4. The van der Waals surface area contributed by atoms with Gasteiger partial charge in [0, 0.05) is 29.7 Å². The largest absolute Gasteiger partial charge is 0.311 e. The Balaban J connectivity index is 1.48. The van der Waals surface area contributed by atoms with Crippen LogP contribution in [0.5, 0.6) is 0 Å². The van der Waals surface area contributed by atoms with Crippen LogP contribution in [0.25, 0.3) is 0 Å². The summed E-state index contributed by atoms with van der Waals surface area (Å²) >= 11 is 3.39. The van der Waals surface area contributed by atoms with Gasteiger partial charge in [0.25, 0.3) is 0 Å². The normalized spacial score (nSPS) is 20.0. The summed E-state index contributed by atoms with van der Waals surface area (Å²) in [6, 6.07) is 8.24. The van der Waals surface area contributed by atoms with Gasteiger partial charge in [-0.3, -0.25) is 4.79 Å². The topological polar surface area (TPSA) is 51.0 Å². The summed E-state index contributed by atoms with van der Waals surface area (Å²) in [5.41, 5.74) is 1.05. The number of aryl methyl sites for hydroxylation is 1. The molecule has 1 aromatic heterocycles. The van der Waals surface area contributed by atoms with E-state index >= 15 is 0 Å². The fourth-order valence-electron chi connectivity index (χ4n) is 3.52. The molecule has 0 saturated heterocycles. The van der Waals surface area contributed by atoms with Gasteiger partial charge in [0.2, 0.25) is 5.91 Å². The Morgan fingerprint density at radius 2 is 2.12 bits per heavy atom. The Kier molecular flexibility index (Phi) is 5.55. The van der Waals surface area contributed by atoms with E-state index in [0.29, 0.717) is 11.0 Å². The van der Waals surface area contributed by atoms with Gasteiger partial charge in [-0.25, -0.2) is 0 Å². The van der Waals surface area contributed by atoms with Crippen molar-refractivity contribution in [2.45, 2.75) is 60.9 Å². The second-order valence-corrected chi connectivity index (χ2v) is 9.30. The minimum Gasteiger partial charge on any atom is -0.311 e. The molecule has 0 fully saturated rings. The summed E-state index contributed by atoms with van der Waals surface area (Å²) in [7, 11) is 0. The predicted octanol–water partition coefficient (Wildman–Crippen LogP) is 4.01. The number of hydrogen-bond acceptors (Lipinski definition) is 5. The van der Waals surface area contributed by atoms with Crippen molar-refractivity contribution in [3.63, 3.8) is 0 Å². The van der Waals surface area contributed by atoms with Gasteiger partial charge in [-0.05, 0) is 31.4 Å². The number of aromatic nitrogens is 3. The number of carbonyl (C=O) groups excluding carboxylic acids is 1. The van der Waals surface area contributed by atoms with Gasteiger partial charge in [-0.2, -0.15) is 0 Å². The third kappa shape index (κ3) is 3.78. The zero-order valence-corrected chi connectivity index (χ0v) is 16.7. The van der Waals surface area contributed by atoms with Crippen molar-refractivity contribution in [1.29, 1.82) is 0 Å². The fourth-order valence-corrected chi connectivity index (χ4v) is 5.49. The van der Waals surface area contributed by atoms with Crippen LogP contribution in [-0.4, -0.2) is 38.2 Å². The van der Waals surface area contributed by atoms with Crippen molar-refractivity contribution < 1.29 is 4.79 Å². The Labute approximate surface area is 162 Å². The number of thioether (sulfide) groups is 2. The predicted molar refractivity (Wildman–Crippen MR) is 107 cm³/mol. The van der Waals surface area contributed by atoms with Crippen molar-refractivity contribution in [3.05, 3.63) is 30.1 Å². The highest BCUT2D eigenvalue weighted by atomic mass is 32.2. The van der Waals surface area contributed by atoms with Crippen LogP contribution in [0.2, 0.25) is 0 Å². The molecule has 2 aliphatic rings. The van der Waals surface area contributed by atoms with Gasteiger partial charge in [0.05, 0.1) is 11.4 Å². The van der Waals surface area contributed by atoms with Gasteiger partial charge in [-0.1, -0.05) is 37.2 Å². The molecule has 1 amide bonds. The molecule has 7 heteroatoms. The zero-order chi connectivity index (χ0) is 17.9.